The average Bonchev–Trinajstić information content (AvgIpc) is 2.33. The number of hydrogen-bond acceptors (Lipinski definition) is 4. The third-order valence-corrected chi connectivity index (χ3v) is 4.81. The van der Waals surface area contributed by atoms with Crippen molar-refractivity contribution in [2.75, 3.05) is 0 Å². The molecule has 130 valence electrons. The van der Waals surface area contributed by atoms with Crippen LogP contribution < -0.4 is 0 Å². The van der Waals surface area contributed by atoms with Gasteiger partial charge in [-0.1, -0.05) is 41.5 Å². The first kappa shape index (κ1) is 20.9. The van der Waals surface area contributed by atoms with E-state index >= 15 is 0 Å². The molecule has 0 spiro atoms. The van der Waals surface area contributed by atoms with Gasteiger partial charge in [-0.05, 0) is 18.3 Å². The normalized spacial score (nSPS) is 17.1. The highest BCUT2D eigenvalue weighted by atomic mass is 16.5. The fourth-order valence-electron chi connectivity index (χ4n) is 2.96. The van der Waals surface area contributed by atoms with Crippen LogP contribution in [-0.2, 0) is 9.59 Å². The summed E-state index contributed by atoms with van der Waals surface area (Å²) < 4.78 is 0. The van der Waals surface area contributed by atoms with E-state index in [9.17, 15) is 19.8 Å². The molecule has 0 aliphatic heterocycles. The Balaban J connectivity index is 5.40. The van der Waals surface area contributed by atoms with Crippen molar-refractivity contribution in [1.82, 2.24) is 0 Å². The Hall–Kier alpha value is -1.14. The summed E-state index contributed by atoms with van der Waals surface area (Å²) in [6.45, 7) is 10.1. The van der Waals surface area contributed by atoms with E-state index < -0.39 is 35.0 Å². The predicted molar refractivity (Wildman–Crippen MR) is 82.1 cm³/mol. The van der Waals surface area contributed by atoms with Gasteiger partial charge in [-0.2, -0.15) is 0 Å². The first-order chi connectivity index (χ1) is 9.74. The molecule has 0 aliphatic carbocycles. The molecular weight excluding hydrogens is 288 g/mol. The van der Waals surface area contributed by atoms with E-state index in [1.165, 1.54) is 6.92 Å². The molecule has 3 atom stereocenters. The molecular formula is C16H30O6. The van der Waals surface area contributed by atoms with E-state index in [0.29, 0.717) is 6.42 Å². The molecule has 6 heteroatoms. The molecule has 0 aliphatic rings. The number of aliphatic hydroxyl groups is 2. The average molecular weight is 318 g/mol. The van der Waals surface area contributed by atoms with Crippen LogP contribution in [0.25, 0.3) is 0 Å². The fraction of sp³-hybridized carbons (Fsp3) is 0.875. The van der Waals surface area contributed by atoms with Crippen LogP contribution in [-0.4, -0.2) is 38.2 Å². The van der Waals surface area contributed by atoms with E-state index in [-0.39, 0.29) is 18.3 Å². The molecule has 0 fully saturated rings. The summed E-state index contributed by atoms with van der Waals surface area (Å²) in [4.78, 5) is 22.1. The third kappa shape index (κ3) is 4.95. The Morgan fingerprint density at radius 1 is 0.909 bits per heavy atom. The topological polar surface area (TPSA) is 115 Å². The second-order valence-corrected chi connectivity index (χ2v) is 7.31. The summed E-state index contributed by atoms with van der Waals surface area (Å²) in [5.41, 5.74) is -1.05. The first-order valence-electron chi connectivity index (χ1n) is 7.64. The second-order valence-electron chi connectivity index (χ2n) is 7.31. The molecule has 22 heavy (non-hydrogen) atoms. The summed E-state index contributed by atoms with van der Waals surface area (Å²) in [6, 6.07) is 0. The van der Waals surface area contributed by atoms with Crippen molar-refractivity contribution in [3.8, 4) is 0 Å². The lowest BCUT2D eigenvalue weighted by Crippen LogP contribution is -2.52. The highest BCUT2D eigenvalue weighted by Crippen LogP contribution is 2.46. The van der Waals surface area contributed by atoms with E-state index in [2.05, 4.69) is 0 Å². The molecule has 0 bridgehead atoms. The number of carboxylic acid groups (broad SMARTS) is 2. The zero-order chi connectivity index (χ0) is 17.9. The molecule has 0 saturated heterocycles. The molecule has 6 nitrogen and oxygen atoms in total. The summed E-state index contributed by atoms with van der Waals surface area (Å²) in [5.74, 6) is -5.99. The van der Waals surface area contributed by atoms with Gasteiger partial charge in [0.05, 0.1) is 11.8 Å². The third-order valence-electron chi connectivity index (χ3n) is 4.81. The van der Waals surface area contributed by atoms with Crippen molar-refractivity contribution >= 4 is 11.9 Å². The molecule has 0 amide bonds. The van der Waals surface area contributed by atoms with Crippen LogP contribution in [0.15, 0.2) is 0 Å². The van der Waals surface area contributed by atoms with Crippen LogP contribution in [0.2, 0.25) is 0 Å². The van der Waals surface area contributed by atoms with Gasteiger partial charge in [-0.15, -0.1) is 0 Å². The van der Waals surface area contributed by atoms with Gasteiger partial charge in [0.15, 0.2) is 5.79 Å². The van der Waals surface area contributed by atoms with Gasteiger partial charge in [0.2, 0.25) is 0 Å². The zero-order valence-electron chi connectivity index (χ0n) is 14.3. The maximum absolute atomic E-state index is 11.1. The molecule has 0 saturated carbocycles. The monoisotopic (exact) mass is 318 g/mol. The number of carbonyl (C=O) groups is 2. The number of aliphatic carboxylic acids is 2. The summed E-state index contributed by atoms with van der Waals surface area (Å²) in [5, 5.41) is 39.0. The minimum Gasteiger partial charge on any atom is -0.481 e. The van der Waals surface area contributed by atoms with Crippen molar-refractivity contribution in [2.45, 2.75) is 60.2 Å². The predicted octanol–water partition coefficient (Wildman–Crippen LogP) is 2.19. The lowest BCUT2D eigenvalue weighted by Gasteiger charge is -2.47. The van der Waals surface area contributed by atoms with Crippen molar-refractivity contribution in [3.05, 3.63) is 0 Å². The first-order valence-corrected chi connectivity index (χ1v) is 7.64. The minimum atomic E-state index is -2.20. The Kier molecular flexibility index (Phi) is 7.03. The van der Waals surface area contributed by atoms with Crippen LogP contribution in [0.3, 0.4) is 0 Å². The van der Waals surface area contributed by atoms with Gasteiger partial charge >= 0.3 is 11.9 Å². The molecule has 0 aromatic rings. The number of rotatable bonds is 9. The van der Waals surface area contributed by atoms with Gasteiger partial charge in [0, 0.05) is 11.8 Å². The van der Waals surface area contributed by atoms with Gasteiger partial charge in [0.1, 0.15) is 0 Å². The van der Waals surface area contributed by atoms with Gasteiger partial charge in [-0.3, -0.25) is 9.59 Å². The van der Waals surface area contributed by atoms with Gasteiger partial charge < -0.3 is 20.4 Å². The molecule has 3 unspecified atom stereocenters. The molecule has 4 N–H and O–H groups in total. The highest BCUT2D eigenvalue weighted by molar-refractivity contribution is 5.69. The molecule has 0 heterocycles. The van der Waals surface area contributed by atoms with Crippen molar-refractivity contribution in [3.63, 3.8) is 0 Å². The fourth-order valence-corrected chi connectivity index (χ4v) is 2.96. The van der Waals surface area contributed by atoms with Gasteiger partial charge in [0.25, 0.3) is 0 Å². The standard InChI is InChI=1S/C16H30O6/c1-9(2)12(7-10(3)13(17)18)15(5,6)16(21,22)8-11(4)14(19)20/h9-12,21-22H,7-8H2,1-6H3,(H,17,18)(H,19,20). The summed E-state index contributed by atoms with van der Waals surface area (Å²) in [7, 11) is 0. The Morgan fingerprint density at radius 3 is 1.64 bits per heavy atom. The van der Waals surface area contributed by atoms with Crippen LogP contribution >= 0.6 is 0 Å². The maximum atomic E-state index is 11.1. The lowest BCUT2D eigenvalue weighted by atomic mass is 9.63. The van der Waals surface area contributed by atoms with Crippen molar-refractivity contribution in [1.29, 1.82) is 0 Å². The minimum absolute atomic E-state index is 0.0237. The maximum Gasteiger partial charge on any atom is 0.306 e. The Labute approximate surface area is 132 Å². The molecule has 0 rings (SSSR count). The van der Waals surface area contributed by atoms with Crippen molar-refractivity contribution < 1.29 is 30.0 Å². The van der Waals surface area contributed by atoms with E-state index in [0.717, 1.165) is 0 Å². The van der Waals surface area contributed by atoms with Crippen LogP contribution in [0.5, 0.6) is 0 Å². The molecule has 0 radical (unpaired) electrons. The SMILES string of the molecule is CC(CC(C(C)C)C(C)(C)C(O)(O)CC(C)C(=O)O)C(=O)O. The lowest BCUT2D eigenvalue weighted by molar-refractivity contribution is -0.263. The smallest absolute Gasteiger partial charge is 0.306 e. The summed E-state index contributed by atoms with van der Waals surface area (Å²) in [6.07, 6.45) is -0.00960. The Morgan fingerprint density at radius 2 is 1.32 bits per heavy atom. The van der Waals surface area contributed by atoms with Crippen LogP contribution in [0.1, 0.15) is 54.4 Å². The van der Waals surface area contributed by atoms with Gasteiger partial charge in [-0.25, -0.2) is 0 Å². The van der Waals surface area contributed by atoms with Crippen LogP contribution in [0, 0.1) is 29.1 Å². The molecule has 0 aromatic carbocycles. The van der Waals surface area contributed by atoms with E-state index in [4.69, 9.17) is 10.2 Å². The van der Waals surface area contributed by atoms with E-state index in [1.54, 1.807) is 20.8 Å². The largest absolute Gasteiger partial charge is 0.481 e. The summed E-state index contributed by atoms with van der Waals surface area (Å²) >= 11 is 0. The zero-order valence-corrected chi connectivity index (χ0v) is 14.3. The highest BCUT2D eigenvalue weighted by Gasteiger charge is 2.49. The van der Waals surface area contributed by atoms with Crippen molar-refractivity contribution in [2.24, 2.45) is 29.1 Å². The second kappa shape index (κ2) is 7.42. The quantitative estimate of drug-likeness (QED) is 0.484. The van der Waals surface area contributed by atoms with Crippen LogP contribution in [0.4, 0.5) is 0 Å². The van der Waals surface area contributed by atoms with E-state index in [1.807, 2.05) is 13.8 Å². The Bertz CT molecular complexity index is 399. The number of carboxylic acids is 2. The number of hydrogen-bond donors (Lipinski definition) is 4. The molecule has 0 aromatic heterocycles.